The number of phenols is 1. The van der Waals surface area contributed by atoms with E-state index in [0.29, 0.717) is 16.6 Å². The van der Waals surface area contributed by atoms with Gasteiger partial charge in [0.1, 0.15) is 35.1 Å². The molecule has 2 aliphatic rings. The molecule has 1 fully saturated rings. The number of nitrogens with one attached hydrogen (secondary N) is 2. The third-order valence-corrected chi connectivity index (χ3v) is 6.23. The highest BCUT2D eigenvalue weighted by atomic mass is 16.7. The molecule has 0 bridgehead atoms. The Hall–Kier alpha value is -4.00. The Morgan fingerprint density at radius 2 is 1.85 bits per heavy atom. The molecule has 1 saturated heterocycles. The Kier molecular flexibility index (Phi) is 5.08. The van der Waals surface area contributed by atoms with E-state index in [1.807, 2.05) is 40.0 Å². The fourth-order valence-corrected chi connectivity index (χ4v) is 3.72. The molecule has 1 aromatic heterocycles. The maximum Gasteiger partial charge on any atom is 0.498 e. The van der Waals surface area contributed by atoms with Crippen LogP contribution in [0.15, 0.2) is 23.2 Å². The van der Waals surface area contributed by atoms with Crippen molar-refractivity contribution in [2.45, 2.75) is 44.9 Å². The van der Waals surface area contributed by atoms with Gasteiger partial charge in [0, 0.05) is 11.0 Å². The minimum atomic E-state index is -0.812. The van der Waals surface area contributed by atoms with Crippen LogP contribution < -0.4 is 27.6 Å². The molecule has 3 heterocycles. The lowest BCUT2D eigenvalue weighted by atomic mass is 9.76. The number of nitrogen functional groups attached to an aromatic ring is 2. The number of aliphatic imine (C=N–C) groups is 1. The second-order valence-electron chi connectivity index (χ2n) is 8.81. The van der Waals surface area contributed by atoms with Crippen molar-refractivity contribution < 1.29 is 14.4 Å². The van der Waals surface area contributed by atoms with Crippen molar-refractivity contribution in [1.82, 2.24) is 10.3 Å². The molecule has 12 heteroatoms. The van der Waals surface area contributed by atoms with Crippen LogP contribution in [0, 0.1) is 22.8 Å². The number of fused-ring (bicyclic) bond motifs is 1. The van der Waals surface area contributed by atoms with Crippen LogP contribution in [0.1, 0.15) is 50.4 Å². The lowest BCUT2D eigenvalue weighted by Gasteiger charge is -2.32. The minimum absolute atomic E-state index is 0.00752. The minimum Gasteiger partial charge on any atom is -0.508 e. The molecule has 1 unspecified atom stereocenters. The number of benzene rings is 1. The number of hydrogen-bond donors (Lipinski definition) is 5. The number of guanidine groups is 1. The molecule has 2 aliphatic heterocycles. The van der Waals surface area contributed by atoms with Gasteiger partial charge in [-0.1, -0.05) is 12.1 Å². The Labute approximate surface area is 191 Å². The van der Waals surface area contributed by atoms with Crippen molar-refractivity contribution in [3.63, 3.8) is 0 Å². The van der Waals surface area contributed by atoms with Gasteiger partial charge in [-0.05, 0) is 39.3 Å². The summed E-state index contributed by atoms with van der Waals surface area (Å²) >= 11 is 0. The Balaban J connectivity index is 1.85. The predicted molar refractivity (Wildman–Crippen MR) is 123 cm³/mol. The standard InChI is InChI=1S/C21H23BN8O3/c1-20(2)21(3,4)33-22(32-20)12-7-10(5-6-13(12)31)16-14-15(25)11(8-23)17(26)29-18(14)30-19(28-16)27-9-24/h5-7,16,31H,1-4H3,(H6,25,26,27,28,29,30). The van der Waals surface area contributed by atoms with Crippen LogP contribution in [0.5, 0.6) is 5.75 Å². The molecule has 1 atom stereocenters. The first-order chi connectivity index (χ1) is 15.5. The van der Waals surface area contributed by atoms with Gasteiger partial charge >= 0.3 is 7.12 Å². The number of nitriles is 2. The Morgan fingerprint density at radius 3 is 2.45 bits per heavy atom. The quantitative estimate of drug-likeness (QED) is 0.254. The van der Waals surface area contributed by atoms with Crippen LogP contribution >= 0.6 is 0 Å². The molecule has 11 nitrogen and oxygen atoms in total. The third kappa shape index (κ3) is 3.55. The molecule has 2 aromatic rings. The van der Waals surface area contributed by atoms with Crippen molar-refractivity contribution in [3.05, 3.63) is 34.9 Å². The summed E-state index contributed by atoms with van der Waals surface area (Å²) in [5.74, 6) is 0.358. The molecule has 0 saturated carbocycles. The lowest BCUT2D eigenvalue weighted by Crippen LogP contribution is -2.41. The first kappa shape index (κ1) is 22.2. The van der Waals surface area contributed by atoms with Gasteiger partial charge in [0.15, 0.2) is 6.19 Å². The number of phenolic OH excluding ortho intramolecular Hbond substituents is 1. The first-order valence-electron chi connectivity index (χ1n) is 10.2. The summed E-state index contributed by atoms with van der Waals surface area (Å²) in [6.07, 6.45) is 1.81. The van der Waals surface area contributed by atoms with Gasteiger partial charge < -0.3 is 31.2 Å². The van der Waals surface area contributed by atoms with E-state index in [9.17, 15) is 10.4 Å². The zero-order valence-corrected chi connectivity index (χ0v) is 18.6. The summed E-state index contributed by atoms with van der Waals surface area (Å²) in [6, 6.07) is 6.09. The van der Waals surface area contributed by atoms with Gasteiger partial charge in [0.2, 0.25) is 5.96 Å². The number of aromatic nitrogens is 1. The molecule has 0 amide bonds. The average Bonchev–Trinajstić information content (AvgIpc) is 2.95. The molecule has 33 heavy (non-hydrogen) atoms. The highest BCUT2D eigenvalue weighted by molar-refractivity contribution is 6.63. The van der Waals surface area contributed by atoms with Crippen molar-refractivity contribution in [2.75, 3.05) is 16.8 Å². The monoisotopic (exact) mass is 446 g/mol. The highest BCUT2D eigenvalue weighted by Gasteiger charge is 2.52. The third-order valence-electron chi connectivity index (χ3n) is 6.23. The summed E-state index contributed by atoms with van der Waals surface area (Å²) in [7, 11) is -0.812. The zero-order valence-electron chi connectivity index (χ0n) is 18.6. The predicted octanol–water partition coefficient (Wildman–Crippen LogP) is 1.06. The van der Waals surface area contributed by atoms with E-state index in [0.717, 1.165) is 0 Å². The molecule has 0 aliphatic carbocycles. The number of pyridine rings is 1. The molecule has 0 spiro atoms. The molecule has 1 aromatic carbocycles. The largest absolute Gasteiger partial charge is 0.508 e. The number of nitrogens with zero attached hydrogens (tertiary/aromatic N) is 4. The average molecular weight is 446 g/mol. The van der Waals surface area contributed by atoms with E-state index < -0.39 is 24.4 Å². The van der Waals surface area contributed by atoms with Gasteiger partial charge in [0.05, 0.1) is 16.9 Å². The normalized spacial score (nSPS) is 20.1. The van der Waals surface area contributed by atoms with Gasteiger partial charge in [-0.3, -0.25) is 5.32 Å². The second-order valence-corrected chi connectivity index (χ2v) is 8.81. The number of hydrogen-bond acceptors (Lipinski definition) is 11. The summed E-state index contributed by atoms with van der Waals surface area (Å²) in [5.41, 5.74) is 12.6. The van der Waals surface area contributed by atoms with Gasteiger partial charge in [-0.25, -0.2) is 9.98 Å². The number of rotatable bonds is 2. The molecule has 168 valence electrons. The topological polar surface area (TPSA) is 188 Å². The van der Waals surface area contributed by atoms with Crippen LogP contribution in [0.2, 0.25) is 0 Å². The van der Waals surface area contributed by atoms with E-state index in [2.05, 4.69) is 20.6 Å². The molecule has 0 radical (unpaired) electrons. The van der Waals surface area contributed by atoms with Crippen molar-refractivity contribution in [1.29, 1.82) is 10.5 Å². The van der Waals surface area contributed by atoms with Gasteiger partial charge in [-0.15, -0.1) is 0 Å². The van der Waals surface area contributed by atoms with Crippen LogP contribution in [-0.2, 0) is 9.31 Å². The van der Waals surface area contributed by atoms with Crippen LogP contribution in [0.3, 0.4) is 0 Å². The van der Waals surface area contributed by atoms with Gasteiger partial charge in [0.25, 0.3) is 0 Å². The Morgan fingerprint density at radius 1 is 1.18 bits per heavy atom. The van der Waals surface area contributed by atoms with E-state index in [1.165, 1.54) is 6.07 Å². The summed E-state index contributed by atoms with van der Waals surface area (Å²) in [5, 5.41) is 34.5. The SMILES string of the molecule is CC1(C)OB(c2cc(C3N=C(NC#N)Nc4nc(N)c(C#N)c(N)c43)ccc2O)OC1(C)C. The summed E-state index contributed by atoms with van der Waals surface area (Å²) < 4.78 is 12.2. The van der Waals surface area contributed by atoms with E-state index in [1.54, 1.807) is 12.1 Å². The fraction of sp³-hybridized carbons (Fsp3) is 0.333. The number of nitrogens with two attached hydrogens (primary N) is 2. The van der Waals surface area contributed by atoms with E-state index in [-0.39, 0.29) is 34.6 Å². The first-order valence-corrected chi connectivity index (χ1v) is 10.2. The number of aromatic hydroxyl groups is 1. The molecular weight excluding hydrogens is 423 g/mol. The van der Waals surface area contributed by atoms with E-state index >= 15 is 0 Å². The maximum absolute atomic E-state index is 10.6. The maximum atomic E-state index is 10.6. The molecule has 7 N–H and O–H groups in total. The summed E-state index contributed by atoms with van der Waals surface area (Å²) in [4.78, 5) is 8.79. The number of anilines is 3. The highest BCUT2D eigenvalue weighted by Crippen LogP contribution is 2.41. The molecule has 4 rings (SSSR count). The Bertz CT molecular complexity index is 1250. The van der Waals surface area contributed by atoms with E-state index in [4.69, 9.17) is 26.0 Å². The van der Waals surface area contributed by atoms with Crippen LogP contribution in [-0.4, -0.2) is 34.4 Å². The van der Waals surface area contributed by atoms with Crippen LogP contribution in [0.4, 0.5) is 17.3 Å². The van der Waals surface area contributed by atoms with Crippen LogP contribution in [0.25, 0.3) is 0 Å². The second kappa shape index (κ2) is 7.55. The lowest BCUT2D eigenvalue weighted by molar-refractivity contribution is 0.00578. The van der Waals surface area contributed by atoms with Crippen molar-refractivity contribution in [2.24, 2.45) is 4.99 Å². The fourth-order valence-electron chi connectivity index (χ4n) is 3.72. The smallest absolute Gasteiger partial charge is 0.498 e. The van der Waals surface area contributed by atoms with Crippen molar-refractivity contribution in [3.8, 4) is 18.0 Å². The van der Waals surface area contributed by atoms with Crippen molar-refractivity contribution >= 4 is 35.9 Å². The zero-order chi connectivity index (χ0) is 24.1. The van der Waals surface area contributed by atoms with Gasteiger partial charge in [-0.2, -0.15) is 10.5 Å². The summed E-state index contributed by atoms with van der Waals surface area (Å²) in [6.45, 7) is 7.67. The molecular formula is C21H23BN8O3.